The second-order valence-electron chi connectivity index (χ2n) is 4.94. The minimum absolute atomic E-state index is 0.0471. The molecular weight excluding hydrogens is 298 g/mol. The molecule has 112 valence electrons. The number of sulfonamides is 1. The summed E-state index contributed by atoms with van der Waals surface area (Å²) in [6.07, 6.45) is 5.04. The van der Waals surface area contributed by atoms with Crippen LogP contribution in [0, 0.1) is 0 Å². The lowest BCUT2D eigenvalue weighted by Gasteiger charge is -2.23. The van der Waals surface area contributed by atoms with Crippen LogP contribution in [0.4, 0.5) is 0 Å². The topological polar surface area (TPSA) is 63.7 Å². The third-order valence-electron chi connectivity index (χ3n) is 3.36. The van der Waals surface area contributed by atoms with Gasteiger partial charge in [-0.05, 0) is 37.1 Å². The Balaban J connectivity index is 1.90. The largest absolute Gasteiger partial charge is 0.461 e. The number of rotatable bonds is 5. The summed E-state index contributed by atoms with van der Waals surface area (Å²) in [7, 11) is -2.18. The maximum Gasteiger partial charge on any atom is 0.321 e. The molecule has 1 aliphatic carbocycles. The van der Waals surface area contributed by atoms with Crippen LogP contribution >= 0.6 is 11.3 Å². The lowest BCUT2D eigenvalue weighted by molar-refractivity contribution is -0.150. The van der Waals surface area contributed by atoms with Gasteiger partial charge in [0.1, 0.15) is 16.9 Å². The summed E-state index contributed by atoms with van der Waals surface area (Å²) < 4.78 is 30.9. The molecular formula is C13H19NO4S2. The van der Waals surface area contributed by atoms with Crippen molar-refractivity contribution in [3.05, 3.63) is 17.5 Å². The Kier molecular flexibility index (Phi) is 5.17. The number of hydrogen-bond donors (Lipinski definition) is 0. The summed E-state index contributed by atoms with van der Waals surface area (Å²) in [6, 6.07) is 3.20. The van der Waals surface area contributed by atoms with E-state index in [-0.39, 0.29) is 16.9 Å². The molecule has 1 aromatic heterocycles. The molecule has 0 amide bonds. The summed E-state index contributed by atoms with van der Waals surface area (Å²) in [6.45, 7) is -0.239. The molecule has 0 radical (unpaired) electrons. The van der Waals surface area contributed by atoms with Crippen molar-refractivity contribution >= 4 is 27.3 Å². The number of nitrogens with zero attached hydrogens (tertiary/aromatic N) is 1. The first-order valence-corrected chi connectivity index (χ1v) is 9.01. The van der Waals surface area contributed by atoms with E-state index in [0.717, 1.165) is 41.3 Å². The molecule has 20 heavy (non-hydrogen) atoms. The van der Waals surface area contributed by atoms with Crippen molar-refractivity contribution in [1.29, 1.82) is 0 Å². The van der Waals surface area contributed by atoms with Crippen LogP contribution < -0.4 is 0 Å². The molecule has 0 spiro atoms. The highest BCUT2D eigenvalue weighted by molar-refractivity contribution is 7.91. The van der Waals surface area contributed by atoms with Gasteiger partial charge in [0.2, 0.25) is 0 Å². The minimum Gasteiger partial charge on any atom is -0.461 e. The Bertz CT molecular complexity index is 533. The van der Waals surface area contributed by atoms with Gasteiger partial charge in [0, 0.05) is 7.05 Å². The zero-order chi connectivity index (χ0) is 14.6. The van der Waals surface area contributed by atoms with E-state index in [9.17, 15) is 13.2 Å². The molecule has 0 aromatic carbocycles. The van der Waals surface area contributed by atoms with E-state index >= 15 is 0 Å². The molecule has 0 N–H and O–H groups in total. The number of esters is 1. The van der Waals surface area contributed by atoms with Crippen LogP contribution in [0.25, 0.3) is 0 Å². The average molecular weight is 317 g/mol. The fourth-order valence-electron chi connectivity index (χ4n) is 2.24. The van der Waals surface area contributed by atoms with E-state index in [4.69, 9.17) is 4.74 Å². The zero-order valence-electron chi connectivity index (χ0n) is 11.4. The van der Waals surface area contributed by atoms with Gasteiger partial charge in [-0.1, -0.05) is 12.5 Å². The standard InChI is InChI=1S/C13H19NO4S2/c1-14(20(16,17)13-8-5-9-19-13)10-12(15)18-11-6-3-2-4-7-11/h5,8-9,11H,2-4,6-7,10H2,1H3. The minimum atomic E-state index is -3.58. The Morgan fingerprint density at radius 1 is 1.40 bits per heavy atom. The molecule has 1 aromatic rings. The highest BCUT2D eigenvalue weighted by atomic mass is 32.2. The summed E-state index contributed by atoms with van der Waals surface area (Å²) in [5.74, 6) is -0.473. The molecule has 1 saturated carbocycles. The third kappa shape index (κ3) is 3.80. The van der Waals surface area contributed by atoms with Gasteiger partial charge in [0.15, 0.2) is 0 Å². The van der Waals surface area contributed by atoms with E-state index < -0.39 is 16.0 Å². The van der Waals surface area contributed by atoms with E-state index in [1.807, 2.05) is 0 Å². The van der Waals surface area contributed by atoms with Crippen LogP contribution in [0.2, 0.25) is 0 Å². The molecule has 2 rings (SSSR count). The molecule has 5 nitrogen and oxygen atoms in total. The van der Waals surface area contributed by atoms with Crippen molar-refractivity contribution in [2.45, 2.75) is 42.4 Å². The number of carbonyl (C=O) groups excluding carboxylic acids is 1. The van der Waals surface area contributed by atoms with Crippen molar-refractivity contribution in [1.82, 2.24) is 4.31 Å². The van der Waals surface area contributed by atoms with Crippen LogP contribution in [0.15, 0.2) is 21.7 Å². The fourth-order valence-corrected chi connectivity index (χ4v) is 4.55. The van der Waals surface area contributed by atoms with Crippen LogP contribution in [0.1, 0.15) is 32.1 Å². The maximum absolute atomic E-state index is 12.1. The monoisotopic (exact) mass is 317 g/mol. The maximum atomic E-state index is 12.1. The van der Waals surface area contributed by atoms with Gasteiger partial charge in [-0.3, -0.25) is 4.79 Å². The van der Waals surface area contributed by atoms with Gasteiger partial charge < -0.3 is 4.74 Å². The second kappa shape index (κ2) is 6.69. The van der Waals surface area contributed by atoms with Gasteiger partial charge in [0.05, 0.1) is 0 Å². The van der Waals surface area contributed by atoms with Crippen LogP contribution in [-0.4, -0.2) is 38.4 Å². The van der Waals surface area contributed by atoms with Crippen molar-refractivity contribution in [3.8, 4) is 0 Å². The Hall–Kier alpha value is -0.920. The van der Waals surface area contributed by atoms with Gasteiger partial charge >= 0.3 is 5.97 Å². The normalized spacial score (nSPS) is 17.3. The van der Waals surface area contributed by atoms with Gasteiger partial charge in [-0.2, -0.15) is 4.31 Å². The Labute approximate surface area is 123 Å². The lowest BCUT2D eigenvalue weighted by atomic mass is 9.98. The highest BCUT2D eigenvalue weighted by Gasteiger charge is 2.26. The molecule has 0 atom stereocenters. The second-order valence-corrected chi connectivity index (χ2v) is 8.16. The molecule has 0 saturated heterocycles. The Morgan fingerprint density at radius 2 is 2.10 bits per heavy atom. The van der Waals surface area contributed by atoms with E-state index in [2.05, 4.69) is 0 Å². The summed E-state index contributed by atoms with van der Waals surface area (Å²) in [4.78, 5) is 11.8. The predicted molar refractivity (Wildman–Crippen MR) is 77.1 cm³/mol. The first kappa shape index (κ1) is 15.5. The quantitative estimate of drug-likeness (QED) is 0.781. The van der Waals surface area contributed by atoms with Crippen molar-refractivity contribution in [2.75, 3.05) is 13.6 Å². The van der Waals surface area contributed by atoms with Gasteiger partial charge in [-0.25, -0.2) is 8.42 Å². The number of ether oxygens (including phenoxy) is 1. The van der Waals surface area contributed by atoms with Crippen LogP contribution in [-0.2, 0) is 19.6 Å². The number of likely N-dealkylation sites (N-methyl/N-ethyl adjacent to an activating group) is 1. The fraction of sp³-hybridized carbons (Fsp3) is 0.615. The summed E-state index contributed by atoms with van der Waals surface area (Å²) in [5, 5.41) is 1.70. The van der Waals surface area contributed by atoms with Gasteiger partial charge in [-0.15, -0.1) is 11.3 Å². The highest BCUT2D eigenvalue weighted by Crippen LogP contribution is 2.22. The van der Waals surface area contributed by atoms with Crippen molar-refractivity contribution in [2.24, 2.45) is 0 Å². The SMILES string of the molecule is CN(CC(=O)OC1CCCCC1)S(=O)(=O)c1cccs1. The first-order valence-electron chi connectivity index (χ1n) is 6.69. The number of carbonyl (C=O) groups is 1. The number of hydrogen-bond acceptors (Lipinski definition) is 5. The van der Waals surface area contributed by atoms with E-state index in [1.54, 1.807) is 11.4 Å². The van der Waals surface area contributed by atoms with Crippen LogP contribution in [0.3, 0.4) is 0 Å². The smallest absolute Gasteiger partial charge is 0.321 e. The predicted octanol–water partition coefficient (Wildman–Crippen LogP) is 2.24. The first-order chi connectivity index (χ1) is 9.50. The molecule has 0 bridgehead atoms. The third-order valence-corrected chi connectivity index (χ3v) is 6.54. The van der Waals surface area contributed by atoms with E-state index in [1.165, 1.54) is 19.5 Å². The molecule has 7 heteroatoms. The van der Waals surface area contributed by atoms with Gasteiger partial charge in [0.25, 0.3) is 10.0 Å². The zero-order valence-corrected chi connectivity index (χ0v) is 13.1. The summed E-state index contributed by atoms with van der Waals surface area (Å²) >= 11 is 1.14. The van der Waals surface area contributed by atoms with Crippen molar-refractivity contribution in [3.63, 3.8) is 0 Å². The molecule has 1 heterocycles. The Morgan fingerprint density at radius 3 is 2.70 bits per heavy atom. The van der Waals surface area contributed by atoms with E-state index in [0.29, 0.717) is 0 Å². The molecule has 1 fully saturated rings. The average Bonchev–Trinajstić information content (AvgIpc) is 2.94. The molecule has 1 aliphatic rings. The summed E-state index contributed by atoms with van der Waals surface area (Å²) in [5.41, 5.74) is 0. The van der Waals surface area contributed by atoms with Crippen molar-refractivity contribution < 1.29 is 17.9 Å². The number of thiophene rings is 1. The molecule has 0 aliphatic heterocycles. The van der Waals surface area contributed by atoms with Crippen LogP contribution in [0.5, 0.6) is 0 Å². The lowest BCUT2D eigenvalue weighted by Crippen LogP contribution is -2.34. The molecule has 0 unspecified atom stereocenters.